The molecular weight excluding hydrogens is 324 g/mol. The van der Waals surface area contributed by atoms with Crippen LogP contribution in [0.1, 0.15) is 15.9 Å². The number of ether oxygens (including phenoxy) is 1. The van der Waals surface area contributed by atoms with E-state index in [1.54, 1.807) is 42.5 Å². The zero-order valence-electron chi connectivity index (χ0n) is 13.2. The van der Waals surface area contributed by atoms with Crippen LogP contribution in [0.3, 0.4) is 0 Å². The minimum Gasteiger partial charge on any atom is -0.457 e. The van der Waals surface area contributed by atoms with Gasteiger partial charge in [-0.3, -0.25) is 4.79 Å². The molecule has 0 aliphatic carbocycles. The lowest BCUT2D eigenvalue weighted by molar-refractivity contribution is 0.0950. The first-order chi connectivity index (χ1) is 12.1. The predicted molar refractivity (Wildman–Crippen MR) is 90.5 cm³/mol. The summed E-state index contributed by atoms with van der Waals surface area (Å²) >= 11 is 0. The molecule has 0 aliphatic heterocycles. The van der Waals surface area contributed by atoms with Gasteiger partial charge in [0.05, 0.1) is 0 Å². The first kappa shape index (κ1) is 16.6. The smallest absolute Gasteiger partial charge is 0.251 e. The Morgan fingerprint density at radius 3 is 2.08 bits per heavy atom. The van der Waals surface area contributed by atoms with E-state index >= 15 is 0 Å². The summed E-state index contributed by atoms with van der Waals surface area (Å²) in [5.74, 6) is 0.0204. The second-order valence-corrected chi connectivity index (χ2v) is 5.35. The zero-order chi connectivity index (χ0) is 17.6. The predicted octanol–water partition coefficient (Wildman–Crippen LogP) is 4.69. The monoisotopic (exact) mass is 339 g/mol. The minimum absolute atomic E-state index is 0.110. The van der Waals surface area contributed by atoms with Crippen LogP contribution in [0.2, 0.25) is 0 Å². The standard InChI is InChI=1S/C20H15F2NO2/c21-16-7-11-18(12-8-16)25-17-9-5-14(6-10-17)20(24)23-13-15-3-1-2-4-19(15)22/h1-12H,13H2,(H,23,24). The van der Waals surface area contributed by atoms with E-state index in [-0.39, 0.29) is 24.1 Å². The summed E-state index contributed by atoms with van der Waals surface area (Å²) in [6.07, 6.45) is 0. The summed E-state index contributed by atoms with van der Waals surface area (Å²) in [6.45, 7) is 0.110. The molecular formula is C20H15F2NO2. The topological polar surface area (TPSA) is 38.3 Å². The van der Waals surface area contributed by atoms with Gasteiger partial charge < -0.3 is 10.1 Å². The second kappa shape index (κ2) is 7.57. The molecule has 1 N–H and O–H groups in total. The lowest BCUT2D eigenvalue weighted by atomic mass is 10.2. The Labute approximate surface area is 143 Å². The fourth-order valence-corrected chi connectivity index (χ4v) is 2.23. The quantitative estimate of drug-likeness (QED) is 0.732. The molecule has 0 spiro atoms. The minimum atomic E-state index is -0.356. The molecule has 3 rings (SSSR count). The van der Waals surface area contributed by atoms with Crippen molar-refractivity contribution in [2.45, 2.75) is 6.54 Å². The SMILES string of the molecule is O=C(NCc1ccccc1F)c1ccc(Oc2ccc(F)cc2)cc1. The van der Waals surface area contributed by atoms with Gasteiger partial charge in [0.2, 0.25) is 0 Å². The van der Waals surface area contributed by atoms with Crippen molar-refractivity contribution in [2.24, 2.45) is 0 Å². The Bertz CT molecular complexity index is 862. The van der Waals surface area contributed by atoms with Crippen LogP contribution in [0.15, 0.2) is 72.8 Å². The third kappa shape index (κ3) is 4.41. The highest BCUT2D eigenvalue weighted by atomic mass is 19.1. The molecule has 1 amide bonds. The number of carbonyl (C=O) groups excluding carboxylic acids is 1. The van der Waals surface area contributed by atoms with E-state index in [1.807, 2.05) is 0 Å². The van der Waals surface area contributed by atoms with Crippen molar-refractivity contribution in [3.63, 3.8) is 0 Å². The average molecular weight is 339 g/mol. The molecule has 3 aromatic rings. The van der Waals surface area contributed by atoms with Gasteiger partial charge in [0.1, 0.15) is 23.1 Å². The Morgan fingerprint density at radius 1 is 0.840 bits per heavy atom. The van der Waals surface area contributed by atoms with E-state index in [1.165, 1.54) is 30.3 Å². The van der Waals surface area contributed by atoms with Crippen molar-refractivity contribution in [1.29, 1.82) is 0 Å². The fourth-order valence-electron chi connectivity index (χ4n) is 2.23. The molecule has 5 heteroatoms. The third-order valence-electron chi connectivity index (χ3n) is 3.56. The molecule has 0 aliphatic rings. The molecule has 0 heterocycles. The first-order valence-corrected chi connectivity index (χ1v) is 7.67. The van der Waals surface area contributed by atoms with Gasteiger partial charge in [0, 0.05) is 17.7 Å². The van der Waals surface area contributed by atoms with Gasteiger partial charge in [0.25, 0.3) is 5.91 Å². The van der Waals surface area contributed by atoms with Crippen molar-refractivity contribution in [3.05, 3.63) is 95.6 Å². The zero-order valence-corrected chi connectivity index (χ0v) is 13.2. The maximum atomic E-state index is 13.5. The van der Waals surface area contributed by atoms with E-state index in [2.05, 4.69) is 5.32 Å². The van der Waals surface area contributed by atoms with E-state index in [0.717, 1.165) is 0 Å². The number of rotatable bonds is 5. The van der Waals surface area contributed by atoms with Crippen molar-refractivity contribution < 1.29 is 18.3 Å². The van der Waals surface area contributed by atoms with Gasteiger partial charge in [-0.05, 0) is 54.6 Å². The average Bonchev–Trinajstić information content (AvgIpc) is 2.63. The highest BCUT2D eigenvalue weighted by Crippen LogP contribution is 2.21. The van der Waals surface area contributed by atoms with Gasteiger partial charge >= 0.3 is 0 Å². The van der Waals surface area contributed by atoms with Gasteiger partial charge in [-0.15, -0.1) is 0 Å². The van der Waals surface area contributed by atoms with Crippen LogP contribution >= 0.6 is 0 Å². The van der Waals surface area contributed by atoms with Gasteiger partial charge in [0.15, 0.2) is 0 Å². The van der Waals surface area contributed by atoms with Crippen molar-refractivity contribution in [2.75, 3.05) is 0 Å². The van der Waals surface area contributed by atoms with Gasteiger partial charge in [-0.25, -0.2) is 8.78 Å². The third-order valence-corrected chi connectivity index (χ3v) is 3.56. The second-order valence-electron chi connectivity index (χ2n) is 5.35. The van der Waals surface area contributed by atoms with Crippen molar-refractivity contribution in [3.8, 4) is 11.5 Å². The van der Waals surface area contributed by atoms with Crippen LogP contribution in [0, 0.1) is 11.6 Å². The number of benzene rings is 3. The number of hydrogen-bond acceptors (Lipinski definition) is 2. The van der Waals surface area contributed by atoms with Crippen molar-refractivity contribution >= 4 is 5.91 Å². The maximum absolute atomic E-state index is 13.5. The lowest BCUT2D eigenvalue weighted by Gasteiger charge is -2.08. The van der Waals surface area contributed by atoms with Crippen LogP contribution in [0.25, 0.3) is 0 Å². The summed E-state index contributed by atoms with van der Waals surface area (Å²) in [5, 5.41) is 2.67. The summed E-state index contributed by atoms with van der Waals surface area (Å²) in [4.78, 5) is 12.1. The molecule has 0 aromatic heterocycles. The molecule has 0 saturated carbocycles. The molecule has 126 valence electrons. The van der Waals surface area contributed by atoms with Crippen LogP contribution in [-0.2, 0) is 6.54 Å². The largest absolute Gasteiger partial charge is 0.457 e. The van der Waals surface area contributed by atoms with Gasteiger partial charge in [-0.2, -0.15) is 0 Å². The Hall–Kier alpha value is -3.21. The van der Waals surface area contributed by atoms with E-state index in [0.29, 0.717) is 22.6 Å². The highest BCUT2D eigenvalue weighted by Gasteiger charge is 2.07. The molecule has 0 bridgehead atoms. The number of halogens is 2. The van der Waals surface area contributed by atoms with Gasteiger partial charge in [-0.1, -0.05) is 18.2 Å². The maximum Gasteiger partial charge on any atom is 0.251 e. The van der Waals surface area contributed by atoms with E-state index in [4.69, 9.17) is 4.74 Å². The normalized spacial score (nSPS) is 10.3. The fraction of sp³-hybridized carbons (Fsp3) is 0.0500. The number of amides is 1. The van der Waals surface area contributed by atoms with Crippen LogP contribution in [0.5, 0.6) is 11.5 Å². The molecule has 0 saturated heterocycles. The van der Waals surface area contributed by atoms with E-state index < -0.39 is 0 Å². The Balaban J connectivity index is 1.60. The molecule has 25 heavy (non-hydrogen) atoms. The van der Waals surface area contributed by atoms with Crippen LogP contribution < -0.4 is 10.1 Å². The lowest BCUT2D eigenvalue weighted by Crippen LogP contribution is -2.23. The number of hydrogen-bond donors (Lipinski definition) is 1. The molecule has 0 fully saturated rings. The van der Waals surface area contributed by atoms with Crippen LogP contribution in [-0.4, -0.2) is 5.91 Å². The summed E-state index contributed by atoms with van der Waals surface area (Å²) in [7, 11) is 0. The van der Waals surface area contributed by atoms with E-state index in [9.17, 15) is 13.6 Å². The first-order valence-electron chi connectivity index (χ1n) is 7.67. The molecule has 0 atom stereocenters. The molecule has 3 aromatic carbocycles. The Kier molecular flexibility index (Phi) is 5.04. The highest BCUT2D eigenvalue weighted by molar-refractivity contribution is 5.94. The molecule has 3 nitrogen and oxygen atoms in total. The van der Waals surface area contributed by atoms with Crippen molar-refractivity contribution in [1.82, 2.24) is 5.32 Å². The summed E-state index contributed by atoms with van der Waals surface area (Å²) in [5.41, 5.74) is 0.856. The number of carbonyl (C=O) groups is 1. The Morgan fingerprint density at radius 2 is 1.44 bits per heavy atom. The molecule has 0 unspecified atom stereocenters. The number of nitrogens with one attached hydrogen (secondary N) is 1. The molecule has 0 radical (unpaired) electrons. The summed E-state index contributed by atoms with van der Waals surface area (Å²) in [6, 6.07) is 18.4. The summed E-state index contributed by atoms with van der Waals surface area (Å²) < 4.78 is 32.0. The van der Waals surface area contributed by atoms with Crippen LogP contribution in [0.4, 0.5) is 8.78 Å².